The van der Waals surface area contributed by atoms with Crippen molar-refractivity contribution in [3.8, 4) is 5.75 Å². The lowest BCUT2D eigenvalue weighted by Gasteiger charge is -1.92. The monoisotopic (exact) mass is 318 g/mol. The number of benzene rings is 1. The molecule has 1 rings (SSSR count). The van der Waals surface area contributed by atoms with Crippen LogP contribution in [0.25, 0.3) is 0 Å². The Morgan fingerprint density at radius 1 is 0.650 bits per heavy atom. The highest BCUT2D eigenvalue weighted by atomic mass is 16.4. The van der Waals surface area contributed by atoms with Crippen LogP contribution in [0.3, 0.4) is 0 Å². The Hall–Kier alpha value is -1.91. The molecule has 132 valence electrons. The van der Waals surface area contributed by atoms with Crippen molar-refractivity contribution in [1.82, 2.24) is 0 Å². The molecule has 0 aliphatic rings. The summed E-state index contributed by atoms with van der Waals surface area (Å²) in [5.41, 5.74) is 0.179. The lowest BCUT2D eigenvalue weighted by Crippen LogP contribution is -1.93. The summed E-state index contributed by atoms with van der Waals surface area (Å²) in [6.07, 6.45) is 0. The van der Waals surface area contributed by atoms with E-state index in [4.69, 9.17) is 10.2 Å². The van der Waals surface area contributed by atoms with E-state index in [0.29, 0.717) is 0 Å². The van der Waals surface area contributed by atoms with Crippen molar-refractivity contribution in [3.63, 3.8) is 0 Å². The van der Waals surface area contributed by atoms with Crippen LogP contribution in [0, 0.1) is 0 Å². The Balaban J connectivity index is -0.0000000125. The second-order valence-corrected chi connectivity index (χ2v) is 1.85. The number of carboxylic acid groups (broad SMARTS) is 1. The van der Waals surface area contributed by atoms with Crippen molar-refractivity contribution in [1.29, 1.82) is 0 Å². The molecule has 0 bridgehead atoms. The predicted molar refractivity (Wildman–Crippen MR) is 71.2 cm³/mol. The molecular formula is C7H26O13. The third-order valence-corrected chi connectivity index (χ3v) is 1.11. The number of aromatic hydroxyl groups is 1. The molecule has 1 aromatic carbocycles. The summed E-state index contributed by atoms with van der Waals surface area (Å²) in [7, 11) is 0. The highest BCUT2D eigenvalue weighted by Gasteiger charge is 1.99. The molecule has 0 radical (unpaired) electrons. The Morgan fingerprint density at radius 2 is 0.900 bits per heavy atom. The maximum atomic E-state index is 10.2. The van der Waals surface area contributed by atoms with Crippen molar-refractivity contribution >= 4 is 5.97 Å². The van der Waals surface area contributed by atoms with Gasteiger partial charge in [0.25, 0.3) is 0 Å². The van der Waals surface area contributed by atoms with Gasteiger partial charge in [-0.1, -0.05) is 0 Å². The van der Waals surface area contributed by atoms with Gasteiger partial charge in [-0.2, -0.15) is 0 Å². The van der Waals surface area contributed by atoms with Gasteiger partial charge >= 0.3 is 5.97 Å². The molecule has 13 heteroatoms. The fraction of sp³-hybridized carbons (Fsp3) is 0. The zero-order valence-electron chi connectivity index (χ0n) is 10.1. The summed E-state index contributed by atoms with van der Waals surface area (Å²) in [4.78, 5) is 10.2. The van der Waals surface area contributed by atoms with Crippen LogP contribution < -0.4 is 0 Å². The molecular weight excluding hydrogens is 292 g/mol. The molecule has 0 heterocycles. The van der Waals surface area contributed by atoms with E-state index in [1.165, 1.54) is 24.3 Å². The largest absolute Gasteiger partial charge is 0.508 e. The van der Waals surface area contributed by atoms with Gasteiger partial charge < -0.3 is 65.0 Å². The van der Waals surface area contributed by atoms with E-state index in [1.54, 1.807) is 0 Å². The second kappa shape index (κ2) is 36.0. The van der Waals surface area contributed by atoms with E-state index in [0.717, 1.165) is 0 Å². The van der Waals surface area contributed by atoms with Gasteiger partial charge in [-0.3, -0.25) is 0 Å². The molecule has 22 N–H and O–H groups in total. The first-order valence-corrected chi connectivity index (χ1v) is 2.72. The Bertz CT molecular complexity index is 247. The number of carboxylic acids is 1. The predicted octanol–water partition coefficient (Wildman–Crippen LogP) is -7.16. The molecule has 0 aliphatic heterocycles. The molecule has 20 heavy (non-hydrogen) atoms. The van der Waals surface area contributed by atoms with Crippen LogP contribution in [0.5, 0.6) is 5.75 Å². The fourth-order valence-electron chi connectivity index (χ4n) is 0.604. The third kappa shape index (κ3) is 25.1. The van der Waals surface area contributed by atoms with E-state index < -0.39 is 5.97 Å². The fourth-order valence-corrected chi connectivity index (χ4v) is 0.604. The standard InChI is InChI=1S/C7H6O3.10H2O/c8-6-3-1-5(2-4-6)7(9)10;;;;;;;;;;/h1-4,8H,(H,9,10);10*1H2. The van der Waals surface area contributed by atoms with Crippen LogP contribution in [0.4, 0.5) is 0 Å². The average molecular weight is 318 g/mol. The zero-order valence-corrected chi connectivity index (χ0v) is 10.1. The molecule has 0 aliphatic carbocycles. The lowest BCUT2D eigenvalue weighted by atomic mass is 10.2. The highest BCUT2D eigenvalue weighted by Crippen LogP contribution is 2.08. The first-order chi connectivity index (χ1) is 4.70. The van der Waals surface area contributed by atoms with Crippen molar-refractivity contribution < 1.29 is 69.8 Å². The van der Waals surface area contributed by atoms with E-state index in [2.05, 4.69) is 0 Å². The summed E-state index contributed by atoms with van der Waals surface area (Å²) in [5, 5.41) is 17.1. The Labute approximate surface area is 112 Å². The van der Waals surface area contributed by atoms with Crippen LogP contribution in [0.2, 0.25) is 0 Å². The molecule has 0 amide bonds. The van der Waals surface area contributed by atoms with E-state index in [-0.39, 0.29) is 66.1 Å². The number of phenols is 1. The van der Waals surface area contributed by atoms with Gasteiger partial charge in [0, 0.05) is 0 Å². The van der Waals surface area contributed by atoms with Gasteiger partial charge in [-0.15, -0.1) is 0 Å². The quantitative estimate of drug-likeness (QED) is 0.509. The topological polar surface area (TPSA) is 373 Å². The third-order valence-electron chi connectivity index (χ3n) is 1.11. The number of hydrogen-bond donors (Lipinski definition) is 2. The molecule has 0 saturated carbocycles. The summed E-state index contributed by atoms with van der Waals surface area (Å²) in [5.74, 6) is -0.912. The molecule has 0 fully saturated rings. The molecule has 0 spiro atoms. The smallest absolute Gasteiger partial charge is 0.335 e. The number of aromatic carboxylic acids is 1. The highest BCUT2D eigenvalue weighted by molar-refractivity contribution is 5.87. The summed E-state index contributed by atoms with van der Waals surface area (Å²) in [6.45, 7) is 0. The van der Waals surface area contributed by atoms with E-state index >= 15 is 0 Å². The maximum absolute atomic E-state index is 10.2. The molecule has 0 saturated heterocycles. The van der Waals surface area contributed by atoms with Gasteiger partial charge in [0.2, 0.25) is 0 Å². The maximum Gasteiger partial charge on any atom is 0.335 e. The summed E-state index contributed by atoms with van der Waals surface area (Å²) in [6, 6.07) is 5.36. The van der Waals surface area contributed by atoms with Gasteiger partial charge in [-0.05, 0) is 24.3 Å². The van der Waals surface area contributed by atoms with Crippen molar-refractivity contribution in [2.75, 3.05) is 0 Å². The first-order valence-electron chi connectivity index (χ1n) is 2.72. The lowest BCUT2D eigenvalue weighted by molar-refractivity contribution is 0.0697. The van der Waals surface area contributed by atoms with Crippen LogP contribution in [-0.2, 0) is 0 Å². The van der Waals surface area contributed by atoms with Gasteiger partial charge in [0.15, 0.2) is 0 Å². The van der Waals surface area contributed by atoms with Crippen LogP contribution >= 0.6 is 0 Å². The van der Waals surface area contributed by atoms with Gasteiger partial charge in [-0.25, -0.2) is 4.79 Å². The minimum Gasteiger partial charge on any atom is -0.508 e. The summed E-state index contributed by atoms with van der Waals surface area (Å²) < 4.78 is 0. The molecule has 1 aromatic rings. The number of carbonyl (C=O) groups is 1. The van der Waals surface area contributed by atoms with Crippen LogP contribution in [0.15, 0.2) is 24.3 Å². The molecule has 13 nitrogen and oxygen atoms in total. The van der Waals surface area contributed by atoms with Crippen molar-refractivity contribution in [3.05, 3.63) is 29.8 Å². The van der Waals surface area contributed by atoms with Gasteiger partial charge in [0.05, 0.1) is 5.56 Å². The Kier molecular flexibility index (Phi) is 145. The minimum atomic E-state index is -0.986. The number of phenolic OH excluding ortho intramolecular Hbond substituents is 1. The van der Waals surface area contributed by atoms with E-state index in [9.17, 15) is 4.79 Å². The zero-order chi connectivity index (χ0) is 7.56. The first kappa shape index (κ1) is 80.7. The number of rotatable bonds is 1. The normalized spacial score (nSPS) is 4.60. The molecule has 0 unspecified atom stereocenters. The van der Waals surface area contributed by atoms with Crippen LogP contribution in [0.1, 0.15) is 10.4 Å². The SMILES string of the molecule is O.O.O.O.O.O.O.O.O.O.O=C(O)c1ccc(O)cc1. The Morgan fingerprint density at radius 3 is 1.10 bits per heavy atom. The van der Waals surface area contributed by atoms with Crippen molar-refractivity contribution in [2.45, 2.75) is 0 Å². The van der Waals surface area contributed by atoms with Crippen molar-refractivity contribution in [2.24, 2.45) is 0 Å². The summed E-state index contributed by atoms with van der Waals surface area (Å²) >= 11 is 0. The molecule has 0 aromatic heterocycles. The number of hydrogen-bond acceptors (Lipinski definition) is 2. The van der Waals surface area contributed by atoms with E-state index in [1.807, 2.05) is 0 Å². The van der Waals surface area contributed by atoms with Gasteiger partial charge in [0.1, 0.15) is 5.75 Å². The second-order valence-electron chi connectivity index (χ2n) is 1.85. The molecule has 0 atom stereocenters. The van der Waals surface area contributed by atoms with Crippen LogP contribution in [-0.4, -0.2) is 70.9 Å². The minimum absolute atomic E-state index is 0. The average Bonchev–Trinajstić information content (AvgIpc) is 1.88.